The highest BCUT2D eigenvalue weighted by Gasteiger charge is 2.25. The van der Waals surface area contributed by atoms with Gasteiger partial charge in [-0.05, 0) is 59.0 Å². The van der Waals surface area contributed by atoms with E-state index < -0.39 is 5.82 Å². The van der Waals surface area contributed by atoms with Crippen LogP contribution in [0.25, 0.3) is 11.3 Å². The number of nitrogens with zero attached hydrogens (tertiary/aromatic N) is 10. The molecule has 1 N–H and O–H groups in total. The Kier molecular flexibility index (Phi) is 5.91. The Labute approximate surface area is 212 Å². The van der Waals surface area contributed by atoms with Gasteiger partial charge in [-0.25, -0.2) is 23.9 Å². The van der Waals surface area contributed by atoms with Crippen LogP contribution < -0.4 is 10.2 Å². The van der Waals surface area contributed by atoms with Crippen molar-refractivity contribution in [2.45, 2.75) is 38.5 Å². The van der Waals surface area contributed by atoms with Crippen LogP contribution in [0.5, 0.6) is 0 Å². The smallest absolute Gasteiger partial charge is 0.225 e. The van der Waals surface area contributed by atoms with Gasteiger partial charge in [0, 0.05) is 37.1 Å². The molecule has 12 heteroatoms. The maximum absolute atomic E-state index is 14.7. The van der Waals surface area contributed by atoms with Crippen LogP contribution in [0, 0.1) is 5.82 Å². The molecule has 0 spiro atoms. The van der Waals surface area contributed by atoms with Crippen molar-refractivity contribution in [1.82, 2.24) is 44.8 Å². The summed E-state index contributed by atoms with van der Waals surface area (Å²) in [6, 6.07) is 6.63. The van der Waals surface area contributed by atoms with Crippen molar-refractivity contribution >= 4 is 23.0 Å². The van der Waals surface area contributed by atoms with Gasteiger partial charge in [0.25, 0.3) is 0 Å². The van der Waals surface area contributed by atoms with Crippen molar-refractivity contribution in [2.24, 2.45) is 0 Å². The lowest BCUT2D eigenvalue weighted by Crippen LogP contribution is -2.34. The predicted octanol–water partition coefficient (Wildman–Crippen LogP) is 3.89. The van der Waals surface area contributed by atoms with E-state index in [2.05, 4.69) is 59.6 Å². The number of hydrogen-bond donors (Lipinski definition) is 1. The number of rotatable bonds is 6. The number of halogens is 1. The normalized spacial score (nSPS) is 14.5. The standard InChI is InChI=1S/C25H26FN11/c1-16(2)18-12-28-25(29-13-18)35-9-6-17(7-10-35)23-14-27-24-21(5-8-31-37(23)24)32-19-3-4-22(20(26)11-19)36-15-30-33-34-36/h3-5,8,11-17,32H,6-7,9-10H2,1-2H3. The summed E-state index contributed by atoms with van der Waals surface area (Å²) in [6.07, 6.45) is 10.7. The first-order valence-corrected chi connectivity index (χ1v) is 12.3. The molecule has 5 heterocycles. The Morgan fingerprint density at radius 1 is 1.03 bits per heavy atom. The summed E-state index contributed by atoms with van der Waals surface area (Å²) in [5.41, 5.74) is 4.50. The molecule has 188 valence electrons. The molecule has 0 radical (unpaired) electrons. The number of anilines is 3. The van der Waals surface area contributed by atoms with E-state index in [4.69, 9.17) is 0 Å². The first kappa shape index (κ1) is 23.0. The fourth-order valence-corrected chi connectivity index (χ4v) is 4.65. The van der Waals surface area contributed by atoms with Crippen LogP contribution in [-0.4, -0.2) is 57.9 Å². The third kappa shape index (κ3) is 4.46. The Bertz CT molecular complexity index is 1500. The summed E-state index contributed by atoms with van der Waals surface area (Å²) in [6.45, 7) is 6.01. The van der Waals surface area contributed by atoms with E-state index in [1.165, 1.54) is 17.1 Å². The first-order chi connectivity index (χ1) is 18.1. The van der Waals surface area contributed by atoms with Crippen molar-refractivity contribution in [1.29, 1.82) is 0 Å². The summed E-state index contributed by atoms with van der Waals surface area (Å²) in [7, 11) is 0. The van der Waals surface area contributed by atoms with E-state index in [1.54, 1.807) is 18.3 Å². The number of fused-ring (bicyclic) bond motifs is 1. The number of imidazole rings is 1. The van der Waals surface area contributed by atoms with Crippen molar-refractivity contribution in [2.75, 3.05) is 23.3 Å². The SMILES string of the molecule is CC(C)c1cnc(N2CCC(c3cnc4c(Nc5ccc(-n6cnnn6)c(F)c5)ccnn34)CC2)nc1. The summed E-state index contributed by atoms with van der Waals surface area (Å²) in [4.78, 5) is 16.0. The van der Waals surface area contributed by atoms with E-state index >= 15 is 0 Å². The van der Waals surface area contributed by atoms with Gasteiger partial charge in [-0.15, -0.1) is 5.10 Å². The van der Waals surface area contributed by atoms with Crippen molar-refractivity contribution in [3.8, 4) is 5.69 Å². The average Bonchev–Trinajstić information content (AvgIpc) is 3.60. The average molecular weight is 500 g/mol. The van der Waals surface area contributed by atoms with Crippen LogP contribution in [0.15, 0.2) is 55.4 Å². The highest BCUT2D eigenvalue weighted by Crippen LogP contribution is 2.31. The summed E-state index contributed by atoms with van der Waals surface area (Å²) in [5.74, 6) is 1.07. The molecule has 0 aliphatic carbocycles. The zero-order chi connectivity index (χ0) is 25.4. The number of tetrazole rings is 1. The van der Waals surface area contributed by atoms with Crippen LogP contribution in [-0.2, 0) is 0 Å². The lowest BCUT2D eigenvalue weighted by Gasteiger charge is -2.31. The van der Waals surface area contributed by atoms with E-state index in [-0.39, 0.29) is 5.69 Å². The quantitative estimate of drug-likeness (QED) is 0.372. The molecule has 11 nitrogen and oxygen atoms in total. The minimum Gasteiger partial charge on any atom is -0.352 e. The van der Waals surface area contributed by atoms with E-state index in [9.17, 15) is 4.39 Å². The van der Waals surface area contributed by atoms with Crippen molar-refractivity contribution in [3.05, 3.63) is 72.5 Å². The Hall–Kier alpha value is -4.48. The fraction of sp³-hybridized carbons (Fsp3) is 0.320. The van der Waals surface area contributed by atoms with Crippen LogP contribution >= 0.6 is 0 Å². The lowest BCUT2D eigenvalue weighted by atomic mass is 9.94. The minimum atomic E-state index is -0.444. The van der Waals surface area contributed by atoms with Crippen LogP contribution in [0.1, 0.15) is 49.8 Å². The Balaban J connectivity index is 1.18. The molecule has 5 aromatic rings. The molecule has 0 saturated carbocycles. The van der Waals surface area contributed by atoms with Crippen molar-refractivity contribution < 1.29 is 4.39 Å². The number of aromatic nitrogens is 9. The molecule has 0 bridgehead atoms. The second-order valence-electron chi connectivity index (χ2n) is 9.44. The van der Waals surface area contributed by atoms with Crippen LogP contribution in [0.4, 0.5) is 21.7 Å². The topological polar surface area (TPSA) is 115 Å². The van der Waals surface area contributed by atoms with Gasteiger partial charge in [-0.2, -0.15) is 9.78 Å². The van der Waals surface area contributed by atoms with Gasteiger partial charge in [-0.1, -0.05) is 13.8 Å². The highest BCUT2D eigenvalue weighted by molar-refractivity contribution is 5.73. The highest BCUT2D eigenvalue weighted by atomic mass is 19.1. The number of piperidine rings is 1. The molecular weight excluding hydrogens is 473 g/mol. The molecule has 1 aliphatic heterocycles. The summed E-state index contributed by atoms with van der Waals surface area (Å²) >= 11 is 0. The lowest BCUT2D eigenvalue weighted by molar-refractivity contribution is 0.483. The predicted molar refractivity (Wildman–Crippen MR) is 136 cm³/mol. The van der Waals surface area contributed by atoms with Gasteiger partial charge in [0.2, 0.25) is 5.95 Å². The zero-order valence-corrected chi connectivity index (χ0v) is 20.5. The molecule has 0 atom stereocenters. The van der Waals surface area contributed by atoms with Crippen molar-refractivity contribution in [3.63, 3.8) is 0 Å². The maximum atomic E-state index is 14.7. The molecule has 4 aromatic heterocycles. The third-order valence-electron chi connectivity index (χ3n) is 6.77. The Morgan fingerprint density at radius 2 is 1.84 bits per heavy atom. The molecule has 1 fully saturated rings. The molecule has 1 aromatic carbocycles. The molecule has 0 amide bonds. The van der Waals surface area contributed by atoms with Gasteiger partial charge >= 0.3 is 0 Å². The molecule has 1 saturated heterocycles. The zero-order valence-electron chi connectivity index (χ0n) is 20.5. The van der Waals surface area contributed by atoms with Gasteiger partial charge in [0.05, 0.1) is 23.8 Å². The number of hydrogen-bond acceptors (Lipinski definition) is 9. The largest absolute Gasteiger partial charge is 0.352 e. The summed E-state index contributed by atoms with van der Waals surface area (Å²) < 4.78 is 17.8. The molecular formula is C25H26FN11. The monoisotopic (exact) mass is 499 g/mol. The van der Waals surface area contributed by atoms with Gasteiger partial charge in [-0.3, -0.25) is 0 Å². The third-order valence-corrected chi connectivity index (χ3v) is 6.77. The molecule has 6 rings (SSSR count). The van der Waals surface area contributed by atoms with Gasteiger partial charge in [0.1, 0.15) is 12.0 Å². The Morgan fingerprint density at radius 3 is 2.54 bits per heavy atom. The van der Waals surface area contributed by atoms with E-state index in [1.807, 2.05) is 29.2 Å². The fourth-order valence-electron chi connectivity index (χ4n) is 4.65. The maximum Gasteiger partial charge on any atom is 0.225 e. The molecule has 1 aliphatic rings. The summed E-state index contributed by atoms with van der Waals surface area (Å²) in [5, 5.41) is 18.7. The van der Waals surface area contributed by atoms with E-state index in [0.717, 1.165) is 48.8 Å². The van der Waals surface area contributed by atoms with Crippen LogP contribution in [0.2, 0.25) is 0 Å². The molecule has 37 heavy (non-hydrogen) atoms. The second-order valence-corrected chi connectivity index (χ2v) is 9.44. The number of nitrogens with one attached hydrogen (secondary N) is 1. The second kappa shape index (κ2) is 9.52. The van der Waals surface area contributed by atoms with Crippen LogP contribution in [0.3, 0.4) is 0 Å². The minimum absolute atomic E-state index is 0.270. The number of benzene rings is 1. The van der Waals surface area contributed by atoms with Gasteiger partial charge in [0.15, 0.2) is 11.5 Å². The molecule has 0 unspecified atom stereocenters. The first-order valence-electron chi connectivity index (χ1n) is 12.3. The van der Waals surface area contributed by atoms with Gasteiger partial charge < -0.3 is 10.2 Å². The van der Waals surface area contributed by atoms with E-state index in [0.29, 0.717) is 23.2 Å².